The summed E-state index contributed by atoms with van der Waals surface area (Å²) < 4.78 is 11.8. The molecule has 6 heteroatoms. The number of rotatable bonds is 7. The lowest BCUT2D eigenvalue weighted by atomic mass is 9.72. The van der Waals surface area contributed by atoms with Gasteiger partial charge < -0.3 is 19.7 Å². The Bertz CT molecular complexity index is 1190. The minimum absolute atomic E-state index is 0.0123. The van der Waals surface area contributed by atoms with E-state index in [1.807, 2.05) is 77.7 Å². The molecule has 0 bridgehead atoms. The van der Waals surface area contributed by atoms with Crippen LogP contribution >= 0.6 is 0 Å². The van der Waals surface area contributed by atoms with Crippen molar-refractivity contribution >= 4 is 11.8 Å². The predicted molar refractivity (Wildman–Crippen MR) is 138 cm³/mol. The highest BCUT2D eigenvalue weighted by Gasteiger charge is 2.54. The van der Waals surface area contributed by atoms with Crippen molar-refractivity contribution in [2.45, 2.75) is 36.8 Å². The molecule has 0 saturated carbocycles. The molecule has 1 aliphatic carbocycles. The third-order valence-electron chi connectivity index (χ3n) is 7.57. The number of piperidine rings is 1. The fourth-order valence-electron chi connectivity index (χ4n) is 5.84. The van der Waals surface area contributed by atoms with Gasteiger partial charge in [-0.05, 0) is 41.7 Å². The van der Waals surface area contributed by atoms with E-state index in [0.717, 1.165) is 24.0 Å². The maximum atomic E-state index is 13.0. The Kier molecular flexibility index (Phi) is 7.05. The van der Waals surface area contributed by atoms with E-state index < -0.39 is 0 Å². The first-order chi connectivity index (χ1) is 17.6. The summed E-state index contributed by atoms with van der Waals surface area (Å²) in [6, 6.07) is 27.2. The number of methoxy groups -OCH3 is 1. The molecule has 3 aromatic rings. The van der Waals surface area contributed by atoms with E-state index in [-0.39, 0.29) is 36.0 Å². The van der Waals surface area contributed by atoms with E-state index in [9.17, 15) is 9.59 Å². The topological polar surface area (TPSA) is 67.9 Å². The van der Waals surface area contributed by atoms with Crippen molar-refractivity contribution < 1.29 is 19.1 Å². The molecule has 0 radical (unpaired) electrons. The molecule has 1 saturated heterocycles. The monoisotopic (exact) mass is 484 g/mol. The molecule has 2 amide bonds. The fraction of sp³-hybridized carbons (Fsp3) is 0.333. The van der Waals surface area contributed by atoms with Crippen LogP contribution in [0.15, 0.2) is 84.9 Å². The van der Waals surface area contributed by atoms with Crippen LogP contribution < -0.4 is 10.1 Å². The largest absolute Gasteiger partial charge is 0.484 e. The number of fused-ring (bicyclic) bond motifs is 2. The van der Waals surface area contributed by atoms with Crippen LogP contribution in [0.25, 0.3) is 0 Å². The van der Waals surface area contributed by atoms with Crippen molar-refractivity contribution in [1.29, 1.82) is 0 Å². The Labute approximate surface area is 212 Å². The average Bonchev–Trinajstić information content (AvgIpc) is 3.17. The quantitative estimate of drug-likeness (QED) is 0.549. The molecule has 2 atom stereocenters. The zero-order valence-electron chi connectivity index (χ0n) is 20.6. The van der Waals surface area contributed by atoms with E-state index in [0.29, 0.717) is 25.3 Å². The molecule has 186 valence electrons. The molecule has 3 aromatic carbocycles. The summed E-state index contributed by atoms with van der Waals surface area (Å²) in [5.74, 6) is 0.657. The summed E-state index contributed by atoms with van der Waals surface area (Å²) in [4.78, 5) is 27.8. The molecule has 1 aliphatic heterocycles. The maximum Gasteiger partial charge on any atom is 0.260 e. The van der Waals surface area contributed by atoms with E-state index in [1.165, 1.54) is 5.56 Å². The zero-order valence-corrected chi connectivity index (χ0v) is 20.6. The van der Waals surface area contributed by atoms with Gasteiger partial charge in [0, 0.05) is 25.6 Å². The first-order valence-electron chi connectivity index (χ1n) is 12.5. The van der Waals surface area contributed by atoms with Gasteiger partial charge >= 0.3 is 0 Å². The lowest BCUT2D eigenvalue weighted by Gasteiger charge is -2.44. The van der Waals surface area contributed by atoms with Gasteiger partial charge in [-0.1, -0.05) is 72.8 Å². The second-order valence-electron chi connectivity index (χ2n) is 9.59. The normalized spacial score (nSPS) is 20.1. The van der Waals surface area contributed by atoms with E-state index >= 15 is 0 Å². The minimum Gasteiger partial charge on any atom is -0.484 e. The molecule has 1 fully saturated rings. The number of hydrogen-bond donors (Lipinski definition) is 1. The van der Waals surface area contributed by atoms with Gasteiger partial charge in [-0.3, -0.25) is 9.59 Å². The van der Waals surface area contributed by atoms with Gasteiger partial charge in [-0.15, -0.1) is 0 Å². The lowest BCUT2D eigenvalue weighted by Crippen LogP contribution is -2.52. The number of amides is 2. The molecule has 0 unspecified atom stereocenters. The minimum atomic E-state index is -0.257. The van der Waals surface area contributed by atoms with E-state index in [1.54, 1.807) is 7.11 Å². The van der Waals surface area contributed by atoms with Gasteiger partial charge in [0.2, 0.25) is 5.91 Å². The number of likely N-dealkylation sites (tertiary alicyclic amines) is 1. The number of benzene rings is 3. The van der Waals surface area contributed by atoms with Gasteiger partial charge in [-0.2, -0.15) is 0 Å². The third kappa shape index (κ3) is 4.73. The van der Waals surface area contributed by atoms with E-state index in [4.69, 9.17) is 9.47 Å². The van der Waals surface area contributed by atoms with Crippen LogP contribution in [0.4, 0.5) is 0 Å². The van der Waals surface area contributed by atoms with Gasteiger partial charge in [0.25, 0.3) is 5.91 Å². The Morgan fingerprint density at radius 2 is 1.56 bits per heavy atom. The summed E-state index contributed by atoms with van der Waals surface area (Å²) in [7, 11) is 1.72. The Morgan fingerprint density at radius 1 is 0.917 bits per heavy atom. The zero-order chi connectivity index (χ0) is 25.0. The van der Waals surface area contributed by atoms with Crippen molar-refractivity contribution in [3.63, 3.8) is 0 Å². The highest BCUT2D eigenvalue weighted by Crippen LogP contribution is 2.52. The maximum absolute atomic E-state index is 13.0. The molecule has 36 heavy (non-hydrogen) atoms. The third-order valence-corrected chi connectivity index (χ3v) is 7.57. The van der Waals surface area contributed by atoms with Crippen molar-refractivity contribution in [1.82, 2.24) is 10.2 Å². The molecule has 0 aromatic heterocycles. The first kappa shape index (κ1) is 24.1. The summed E-state index contributed by atoms with van der Waals surface area (Å²) in [6.45, 7) is 1.27. The highest BCUT2D eigenvalue weighted by molar-refractivity contribution is 5.80. The van der Waals surface area contributed by atoms with Crippen LogP contribution in [0.3, 0.4) is 0 Å². The summed E-state index contributed by atoms with van der Waals surface area (Å²) >= 11 is 0. The molecule has 1 heterocycles. The van der Waals surface area contributed by atoms with Crippen LogP contribution in [0.2, 0.25) is 0 Å². The number of ether oxygens (including phenoxy) is 2. The summed E-state index contributed by atoms with van der Waals surface area (Å²) in [6.07, 6.45) is 1.66. The summed E-state index contributed by atoms with van der Waals surface area (Å²) in [5, 5.41) is 3.26. The smallest absolute Gasteiger partial charge is 0.260 e. The van der Waals surface area contributed by atoms with Gasteiger partial charge in [0.15, 0.2) is 6.61 Å². The predicted octanol–water partition coefficient (Wildman–Crippen LogP) is 4.05. The van der Waals surface area contributed by atoms with Gasteiger partial charge in [-0.25, -0.2) is 0 Å². The molecular formula is C30H32N2O4. The number of carbonyl (C=O) groups is 2. The fourth-order valence-corrected chi connectivity index (χ4v) is 5.84. The molecule has 6 nitrogen and oxygen atoms in total. The Hall–Kier alpha value is -3.64. The van der Waals surface area contributed by atoms with Crippen molar-refractivity contribution in [2.24, 2.45) is 0 Å². The van der Waals surface area contributed by atoms with Crippen molar-refractivity contribution in [3.8, 4) is 5.75 Å². The molecule has 1 spiro atoms. The van der Waals surface area contributed by atoms with Crippen LogP contribution in [0.1, 0.15) is 35.6 Å². The second-order valence-corrected chi connectivity index (χ2v) is 9.59. The van der Waals surface area contributed by atoms with Crippen LogP contribution in [0, 0.1) is 0 Å². The van der Waals surface area contributed by atoms with Gasteiger partial charge in [0.05, 0.1) is 18.6 Å². The molecule has 1 N–H and O–H groups in total. The number of nitrogens with zero attached hydrogens (tertiary/aromatic N) is 1. The first-order valence-corrected chi connectivity index (χ1v) is 12.5. The van der Waals surface area contributed by atoms with Crippen molar-refractivity contribution in [3.05, 3.63) is 102 Å². The molecule has 5 rings (SSSR count). The molecular weight excluding hydrogens is 452 g/mol. The molecule has 2 aliphatic rings. The lowest BCUT2D eigenvalue weighted by molar-refractivity contribution is -0.136. The Balaban J connectivity index is 1.29. The highest BCUT2D eigenvalue weighted by atomic mass is 16.5. The second kappa shape index (κ2) is 10.5. The average molecular weight is 485 g/mol. The number of nitrogens with one attached hydrogen (secondary N) is 1. The Morgan fingerprint density at radius 3 is 2.25 bits per heavy atom. The van der Waals surface area contributed by atoms with Crippen LogP contribution in [0.5, 0.6) is 5.75 Å². The number of carbonyl (C=O) groups excluding carboxylic acids is 2. The number of hydrogen-bond acceptors (Lipinski definition) is 4. The van der Waals surface area contributed by atoms with Crippen LogP contribution in [-0.4, -0.2) is 49.6 Å². The van der Waals surface area contributed by atoms with Gasteiger partial charge in [0.1, 0.15) is 5.75 Å². The van der Waals surface area contributed by atoms with Crippen molar-refractivity contribution in [2.75, 3.05) is 26.8 Å². The number of para-hydroxylation sites is 1. The van der Waals surface area contributed by atoms with Crippen LogP contribution in [-0.2, 0) is 26.2 Å². The van der Waals surface area contributed by atoms with E-state index in [2.05, 4.69) is 17.4 Å². The standard InChI is InChI=1S/C30H32N2O4/c1-35-29-28(31-26(33)20-22-10-4-2-5-11-22)24-14-8-9-15-25(24)30(29)16-18-32(19-17-30)27(34)21-36-23-12-6-3-7-13-23/h2-15,28-29H,16-21H2,1H3,(H,31,33)/t28-,29+/m0/s1. The SMILES string of the molecule is CO[C@@H]1[C@@H](NC(=O)Cc2ccccc2)c2ccccc2C12CCN(C(=O)COc1ccccc1)CC2. The summed E-state index contributed by atoms with van der Waals surface area (Å²) in [5.41, 5.74) is 3.05.